The fraction of sp³-hybridized carbons (Fsp3) is 0. The normalized spacial score (nSPS) is 11.8. The number of para-hydroxylation sites is 2. The highest BCUT2D eigenvalue weighted by atomic mass is 16.3. The first-order chi connectivity index (χ1) is 25.8. The molecule has 11 rings (SSSR count). The second-order valence-electron chi connectivity index (χ2n) is 13.6. The number of benzene rings is 9. The fourth-order valence-electron chi connectivity index (χ4n) is 8.57. The van der Waals surface area contributed by atoms with Gasteiger partial charge in [0.1, 0.15) is 5.58 Å². The first-order valence-electron chi connectivity index (χ1n) is 17.9. The minimum Gasteiger partial charge on any atom is -0.454 e. The SMILES string of the molecule is c1ccc(-c2ccc(N(c3c4ccccc4c4c5c(cccc35)-c3ccccc3-c3ccccc3-4)c3cccc4c3oc3ccccc34)cc2)cc1. The average Bonchev–Trinajstić information content (AvgIpc) is 3.55. The summed E-state index contributed by atoms with van der Waals surface area (Å²) in [6, 6.07) is 68.0. The number of hydrogen-bond acceptors (Lipinski definition) is 2. The van der Waals surface area contributed by atoms with Gasteiger partial charge in [0.2, 0.25) is 0 Å². The van der Waals surface area contributed by atoms with E-state index in [1.807, 2.05) is 6.07 Å². The van der Waals surface area contributed by atoms with E-state index < -0.39 is 0 Å². The number of rotatable bonds is 4. The van der Waals surface area contributed by atoms with Crippen LogP contribution in [-0.2, 0) is 0 Å². The first-order valence-corrected chi connectivity index (χ1v) is 17.9. The predicted molar refractivity (Wildman–Crippen MR) is 219 cm³/mol. The second kappa shape index (κ2) is 11.3. The predicted octanol–water partition coefficient (Wildman–Crippen LogP) is 14.3. The molecule has 0 radical (unpaired) electrons. The zero-order chi connectivity index (χ0) is 34.2. The van der Waals surface area contributed by atoms with Gasteiger partial charge in [0, 0.05) is 32.6 Å². The zero-order valence-electron chi connectivity index (χ0n) is 28.3. The molecule has 0 bridgehead atoms. The van der Waals surface area contributed by atoms with Gasteiger partial charge in [-0.05, 0) is 74.2 Å². The van der Waals surface area contributed by atoms with E-state index in [4.69, 9.17) is 4.42 Å². The summed E-state index contributed by atoms with van der Waals surface area (Å²) in [7, 11) is 0. The van der Waals surface area contributed by atoms with E-state index in [0.717, 1.165) is 39.0 Å². The van der Waals surface area contributed by atoms with Crippen LogP contribution in [0.25, 0.3) is 88.0 Å². The molecule has 1 heterocycles. The molecule has 0 atom stereocenters. The Balaban J connectivity index is 1.30. The third kappa shape index (κ3) is 4.19. The first kappa shape index (κ1) is 28.9. The Labute approximate surface area is 301 Å². The third-order valence-corrected chi connectivity index (χ3v) is 10.8. The molecule has 0 fully saturated rings. The maximum absolute atomic E-state index is 6.78. The molecular weight excluding hydrogens is 631 g/mol. The zero-order valence-corrected chi connectivity index (χ0v) is 28.3. The molecule has 242 valence electrons. The van der Waals surface area contributed by atoms with Crippen molar-refractivity contribution in [3.8, 4) is 44.5 Å². The quantitative estimate of drug-likeness (QED) is 0.175. The lowest BCUT2D eigenvalue weighted by Crippen LogP contribution is -2.12. The van der Waals surface area contributed by atoms with Crippen molar-refractivity contribution in [2.45, 2.75) is 0 Å². The van der Waals surface area contributed by atoms with E-state index in [0.29, 0.717) is 0 Å². The van der Waals surface area contributed by atoms with Crippen LogP contribution in [0.4, 0.5) is 17.1 Å². The van der Waals surface area contributed by atoms with Gasteiger partial charge in [0.05, 0.1) is 11.4 Å². The molecule has 0 N–H and O–H groups in total. The van der Waals surface area contributed by atoms with Crippen molar-refractivity contribution >= 4 is 60.5 Å². The summed E-state index contributed by atoms with van der Waals surface area (Å²) in [6.45, 7) is 0. The summed E-state index contributed by atoms with van der Waals surface area (Å²) in [5, 5.41) is 7.08. The number of fused-ring (bicyclic) bond motifs is 10. The minimum atomic E-state index is 0.869. The lowest BCUT2D eigenvalue weighted by Gasteiger charge is -2.30. The van der Waals surface area contributed by atoms with Gasteiger partial charge in [-0.1, -0.05) is 164 Å². The molecule has 0 unspecified atom stereocenters. The van der Waals surface area contributed by atoms with Crippen LogP contribution in [0, 0.1) is 0 Å². The highest BCUT2D eigenvalue weighted by Gasteiger charge is 2.29. The van der Waals surface area contributed by atoms with Crippen LogP contribution in [-0.4, -0.2) is 0 Å². The van der Waals surface area contributed by atoms with Gasteiger partial charge in [-0.15, -0.1) is 0 Å². The lowest BCUT2D eigenvalue weighted by molar-refractivity contribution is 0.669. The Hall–Kier alpha value is -6.90. The maximum Gasteiger partial charge on any atom is 0.159 e. The smallest absolute Gasteiger partial charge is 0.159 e. The highest BCUT2D eigenvalue weighted by Crippen LogP contribution is 2.55. The molecule has 9 aromatic carbocycles. The van der Waals surface area contributed by atoms with Crippen molar-refractivity contribution in [3.05, 3.63) is 188 Å². The number of anilines is 3. The van der Waals surface area contributed by atoms with Crippen molar-refractivity contribution < 1.29 is 4.42 Å². The molecule has 0 saturated carbocycles. The summed E-state index contributed by atoms with van der Waals surface area (Å²) >= 11 is 0. The van der Waals surface area contributed by atoms with Crippen molar-refractivity contribution in [3.63, 3.8) is 0 Å². The molecular formula is C50H31NO. The number of furan rings is 1. The average molecular weight is 662 g/mol. The summed E-state index contributed by atoms with van der Waals surface area (Å²) in [5.41, 5.74) is 14.9. The Morgan fingerprint density at radius 3 is 1.67 bits per heavy atom. The Bertz CT molecular complexity index is 3010. The standard InChI is InChI=1S/C50H31NO/c1-2-14-32(15-3-1)33-28-30-34(31-29-33)51(45-26-13-24-43-38-19-10-11-27-46(38)52-50(43)45)49-42-22-9-8-21-41(42)47-39-20-7-6-18-36(39)35-16-4-5-17-37(35)40-23-12-25-44(49)48(40)47/h1-31H. The summed E-state index contributed by atoms with van der Waals surface area (Å²) in [5.74, 6) is 0. The van der Waals surface area contributed by atoms with E-state index in [2.05, 4.69) is 187 Å². The second-order valence-corrected chi connectivity index (χ2v) is 13.6. The molecule has 10 aromatic rings. The Morgan fingerprint density at radius 1 is 0.346 bits per heavy atom. The van der Waals surface area contributed by atoms with Crippen LogP contribution in [0.5, 0.6) is 0 Å². The summed E-state index contributed by atoms with van der Waals surface area (Å²) in [6.07, 6.45) is 0. The Morgan fingerprint density at radius 2 is 0.885 bits per heavy atom. The van der Waals surface area contributed by atoms with Crippen LogP contribution in [0.15, 0.2) is 192 Å². The minimum absolute atomic E-state index is 0.869. The van der Waals surface area contributed by atoms with Crippen LogP contribution < -0.4 is 4.90 Å². The molecule has 0 aliphatic heterocycles. The fourth-order valence-corrected chi connectivity index (χ4v) is 8.57. The van der Waals surface area contributed by atoms with Crippen LogP contribution >= 0.6 is 0 Å². The third-order valence-electron chi connectivity index (χ3n) is 10.8. The molecule has 0 spiro atoms. The summed E-state index contributed by atoms with van der Waals surface area (Å²) < 4.78 is 6.78. The molecule has 52 heavy (non-hydrogen) atoms. The number of nitrogens with zero attached hydrogens (tertiary/aromatic N) is 1. The largest absolute Gasteiger partial charge is 0.454 e. The van der Waals surface area contributed by atoms with Gasteiger partial charge in [0.15, 0.2) is 5.58 Å². The van der Waals surface area contributed by atoms with E-state index in [9.17, 15) is 0 Å². The van der Waals surface area contributed by atoms with E-state index in [1.54, 1.807) is 0 Å². The van der Waals surface area contributed by atoms with Crippen LogP contribution in [0.2, 0.25) is 0 Å². The lowest BCUT2D eigenvalue weighted by atomic mass is 9.87. The maximum atomic E-state index is 6.78. The van der Waals surface area contributed by atoms with Gasteiger partial charge in [-0.25, -0.2) is 0 Å². The molecule has 0 amide bonds. The van der Waals surface area contributed by atoms with Crippen molar-refractivity contribution in [1.29, 1.82) is 0 Å². The number of hydrogen-bond donors (Lipinski definition) is 0. The van der Waals surface area contributed by atoms with Gasteiger partial charge in [-0.3, -0.25) is 0 Å². The molecule has 2 nitrogen and oxygen atoms in total. The molecule has 1 aliphatic rings. The molecule has 1 aliphatic carbocycles. The van der Waals surface area contributed by atoms with Gasteiger partial charge < -0.3 is 9.32 Å². The van der Waals surface area contributed by atoms with Gasteiger partial charge in [-0.2, -0.15) is 0 Å². The van der Waals surface area contributed by atoms with Crippen LogP contribution in [0.1, 0.15) is 0 Å². The molecule has 2 heteroatoms. The molecule has 1 aromatic heterocycles. The van der Waals surface area contributed by atoms with Crippen molar-refractivity contribution in [2.75, 3.05) is 4.90 Å². The highest BCUT2D eigenvalue weighted by molar-refractivity contribution is 6.28. The van der Waals surface area contributed by atoms with Crippen molar-refractivity contribution in [1.82, 2.24) is 0 Å². The summed E-state index contributed by atoms with van der Waals surface area (Å²) in [4.78, 5) is 2.44. The monoisotopic (exact) mass is 661 g/mol. The van der Waals surface area contributed by atoms with E-state index in [-0.39, 0.29) is 0 Å². The van der Waals surface area contributed by atoms with E-state index >= 15 is 0 Å². The van der Waals surface area contributed by atoms with E-state index in [1.165, 1.54) is 66.1 Å². The van der Waals surface area contributed by atoms with Gasteiger partial charge >= 0.3 is 0 Å². The van der Waals surface area contributed by atoms with Crippen LogP contribution in [0.3, 0.4) is 0 Å². The molecule has 0 saturated heterocycles. The topological polar surface area (TPSA) is 16.4 Å². The Kier molecular flexibility index (Phi) is 6.28. The van der Waals surface area contributed by atoms with Gasteiger partial charge in [0.25, 0.3) is 0 Å². The van der Waals surface area contributed by atoms with Crippen molar-refractivity contribution in [2.24, 2.45) is 0 Å².